The minimum Gasteiger partial charge on any atom is -0.383 e. The minimum atomic E-state index is -4.85. The second kappa shape index (κ2) is 9.36. The number of pyridine rings is 1. The lowest BCUT2D eigenvalue weighted by Crippen LogP contribution is -2.46. The smallest absolute Gasteiger partial charge is 0.383 e. The quantitative estimate of drug-likeness (QED) is 0.314. The van der Waals surface area contributed by atoms with Gasteiger partial charge in [-0.2, -0.15) is 22.8 Å². The van der Waals surface area contributed by atoms with Crippen molar-refractivity contribution in [3.05, 3.63) is 53.6 Å². The van der Waals surface area contributed by atoms with Crippen LogP contribution in [0.15, 0.2) is 30.9 Å². The fraction of sp³-hybridized carbons (Fsp3) is 0.400. The van der Waals surface area contributed by atoms with Gasteiger partial charge in [0.25, 0.3) is 5.91 Å². The predicted molar refractivity (Wildman–Crippen MR) is 133 cm³/mol. The molecule has 2 bridgehead atoms. The van der Waals surface area contributed by atoms with Crippen LogP contribution in [0.25, 0.3) is 16.8 Å². The molecule has 4 N–H and O–H groups in total. The molecule has 12 nitrogen and oxygen atoms in total. The van der Waals surface area contributed by atoms with Crippen molar-refractivity contribution in [3.63, 3.8) is 0 Å². The zero-order chi connectivity index (χ0) is 28.3. The van der Waals surface area contributed by atoms with Crippen LogP contribution in [0.3, 0.4) is 0 Å². The third-order valence-electron chi connectivity index (χ3n) is 7.72. The van der Waals surface area contributed by atoms with Crippen molar-refractivity contribution < 1.29 is 27.9 Å². The fourth-order valence-corrected chi connectivity index (χ4v) is 5.95. The summed E-state index contributed by atoms with van der Waals surface area (Å²) >= 11 is 0. The van der Waals surface area contributed by atoms with E-state index in [0.29, 0.717) is 35.3 Å². The van der Waals surface area contributed by atoms with Crippen molar-refractivity contribution in [2.24, 2.45) is 0 Å². The average molecular weight is 556 g/mol. The molecule has 40 heavy (non-hydrogen) atoms. The van der Waals surface area contributed by atoms with Crippen molar-refractivity contribution in [1.29, 1.82) is 0 Å². The van der Waals surface area contributed by atoms with E-state index < -0.39 is 18.0 Å². The van der Waals surface area contributed by atoms with Gasteiger partial charge in [0, 0.05) is 35.3 Å². The number of nitrogens with zero attached hydrogens (tertiary/aromatic N) is 7. The number of rotatable bonds is 5. The Morgan fingerprint density at radius 2 is 1.90 bits per heavy atom. The third-order valence-corrected chi connectivity index (χ3v) is 7.72. The number of alkyl halides is 3. The van der Waals surface area contributed by atoms with E-state index in [9.17, 15) is 27.9 Å². The number of nitrogen functional groups attached to an aromatic ring is 1. The van der Waals surface area contributed by atoms with E-state index in [0.717, 1.165) is 18.9 Å². The Labute approximate surface area is 224 Å². The SMILES string of the molecule is CC(=O)c1c([C@@H]2C[C@H]3CC[C@@H](C2)N3C(=O)c2nnc[nH]2)nc2c(-c3ccc([C@@H](O)C(F)(F)F)nc3)cnn2c1N. The van der Waals surface area contributed by atoms with Crippen LogP contribution in [0.1, 0.15) is 77.0 Å². The van der Waals surface area contributed by atoms with Crippen molar-refractivity contribution in [1.82, 2.24) is 39.7 Å². The minimum absolute atomic E-state index is 0.0819. The number of nitrogens with two attached hydrogens (primary N) is 1. The summed E-state index contributed by atoms with van der Waals surface area (Å²) in [6.45, 7) is 1.40. The van der Waals surface area contributed by atoms with E-state index in [1.54, 1.807) is 0 Å². The summed E-state index contributed by atoms with van der Waals surface area (Å²) in [7, 11) is 0. The van der Waals surface area contributed by atoms with Gasteiger partial charge >= 0.3 is 6.18 Å². The van der Waals surface area contributed by atoms with Crippen LogP contribution in [-0.4, -0.2) is 74.7 Å². The van der Waals surface area contributed by atoms with E-state index in [1.807, 2.05) is 4.90 Å². The first-order valence-electron chi connectivity index (χ1n) is 12.6. The Morgan fingerprint density at radius 1 is 1.18 bits per heavy atom. The molecule has 0 aromatic carbocycles. The Kier molecular flexibility index (Phi) is 6.05. The average Bonchev–Trinajstić information content (AvgIpc) is 3.65. The lowest BCUT2D eigenvalue weighted by atomic mass is 9.85. The van der Waals surface area contributed by atoms with Gasteiger partial charge in [0.15, 0.2) is 17.5 Å². The highest BCUT2D eigenvalue weighted by Crippen LogP contribution is 2.45. The molecule has 4 atom stereocenters. The summed E-state index contributed by atoms with van der Waals surface area (Å²) in [5.41, 5.74) is 7.83. The molecule has 0 aliphatic carbocycles. The maximum Gasteiger partial charge on any atom is 0.420 e. The van der Waals surface area contributed by atoms with Crippen LogP contribution in [0.4, 0.5) is 19.0 Å². The first-order valence-corrected chi connectivity index (χ1v) is 12.6. The third kappa shape index (κ3) is 4.16. The summed E-state index contributed by atoms with van der Waals surface area (Å²) in [6, 6.07) is 2.31. The molecular formula is C25H24F3N9O3. The molecule has 0 saturated carbocycles. The Hall–Kier alpha value is -4.40. The predicted octanol–water partition coefficient (Wildman–Crippen LogP) is 2.84. The fourth-order valence-electron chi connectivity index (χ4n) is 5.95. The van der Waals surface area contributed by atoms with Crippen molar-refractivity contribution in [3.8, 4) is 11.1 Å². The van der Waals surface area contributed by atoms with Gasteiger partial charge in [-0.1, -0.05) is 6.07 Å². The molecule has 15 heteroatoms. The standard InChI is InChI=1S/C25H24F3N9O3/c1-11(38)18-19(13-6-14-3-4-15(7-13)36(14)24(40)22-31-10-32-35-22)34-23-16(9-33-37(23)21(18)29)12-2-5-17(30-8-12)20(39)25(26,27)28/h2,5,8-10,13-15,20,39H,3-4,6-7,29H2,1H3,(H,31,32,35)/t13-,14-,15+,20-/m1/s1. The van der Waals surface area contributed by atoms with Crippen LogP contribution in [0, 0.1) is 0 Å². The molecule has 0 radical (unpaired) electrons. The van der Waals surface area contributed by atoms with Crippen LogP contribution >= 0.6 is 0 Å². The van der Waals surface area contributed by atoms with Gasteiger partial charge in [-0.25, -0.2) is 4.98 Å². The molecular weight excluding hydrogens is 531 g/mol. The number of Topliss-reactive ketones (excluding diaryl/α,β-unsaturated/α-hetero) is 1. The second-order valence-electron chi connectivity index (χ2n) is 10.1. The Balaban J connectivity index is 1.37. The van der Waals surface area contributed by atoms with Crippen LogP contribution < -0.4 is 5.73 Å². The highest BCUT2D eigenvalue weighted by atomic mass is 19.4. The number of carbonyl (C=O) groups excluding carboxylic acids is 2. The van der Waals surface area contributed by atoms with Gasteiger partial charge in [0.05, 0.1) is 23.1 Å². The Morgan fingerprint density at radius 3 is 2.48 bits per heavy atom. The molecule has 2 aliphatic heterocycles. The zero-order valence-electron chi connectivity index (χ0n) is 21.1. The lowest BCUT2D eigenvalue weighted by Gasteiger charge is -2.38. The second-order valence-corrected chi connectivity index (χ2v) is 10.1. The number of anilines is 1. The molecule has 0 unspecified atom stereocenters. The van der Waals surface area contributed by atoms with Crippen LogP contribution in [0.2, 0.25) is 0 Å². The molecule has 6 heterocycles. The highest BCUT2D eigenvalue weighted by molar-refractivity contribution is 6.00. The van der Waals surface area contributed by atoms with E-state index in [2.05, 4.69) is 25.3 Å². The number of hydrogen-bond donors (Lipinski definition) is 3. The lowest BCUT2D eigenvalue weighted by molar-refractivity contribution is -0.207. The number of nitrogens with one attached hydrogen (secondary N) is 1. The number of ketones is 1. The maximum atomic E-state index is 13.1. The first kappa shape index (κ1) is 25.9. The molecule has 0 spiro atoms. The Bertz CT molecular complexity index is 1590. The summed E-state index contributed by atoms with van der Waals surface area (Å²) in [6.07, 6.45) is -0.822. The molecule has 2 aliphatic rings. The van der Waals surface area contributed by atoms with E-state index >= 15 is 0 Å². The first-order chi connectivity index (χ1) is 19.0. The molecule has 1 amide bonds. The summed E-state index contributed by atoms with van der Waals surface area (Å²) < 4.78 is 40.0. The zero-order valence-corrected chi connectivity index (χ0v) is 21.1. The van der Waals surface area contributed by atoms with Crippen molar-refractivity contribution >= 4 is 23.2 Å². The maximum absolute atomic E-state index is 13.1. The number of aromatic amines is 1. The number of hydrogen-bond acceptors (Lipinski definition) is 9. The van der Waals surface area contributed by atoms with Crippen LogP contribution in [-0.2, 0) is 0 Å². The normalized spacial score (nSPS) is 21.6. The van der Waals surface area contributed by atoms with E-state index in [4.69, 9.17) is 10.7 Å². The number of aliphatic hydroxyl groups is 1. The number of carbonyl (C=O) groups is 2. The molecule has 4 aromatic rings. The van der Waals surface area contributed by atoms with Gasteiger partial charge in [0.2, 0.25) is 5.82 Å². The number of fused-ring (bicyclic) bond motifs is 3. The summed E-state index contributed by atoms with van der Waals surface area (Å²) in [5.74, 6) is -0.396. The van der Waals surface area contributed by atoms with Gasteiger partial charge in [-0.15, -0.1) is 10.2 Å². The number of aliphatic hydroxyl groups excluding tert-OH is 1. The van der Waals surface area contributed by atoms with E-state index in [1.165, 1.54) is 36.2 Å². The van der Waals surface area contributed by atoms with Gasteiger partial charge in [0.1, 0.15) is 12.1 Å². The monoisotopic (exact) mass is 555 g/mol. The largest absolute Gasteiger partial charge is 0.420 e. The number of halogens is 3. The molecule has 4 aromatic heterocycles. The molecule has 2 saturated heterocycles. The number of amides is 1. The topological polar surface area (TPSA) is 168 Å². The molecule has 2 fully saturated rings. The number of H-pyrrole nitrogens is 1. The molecule has 208 valence electrons. The summed E-state index contributed by atoms with van der Waals surface area (Å²) in [4.78, 5) is 39.1. The van der Waals surface area contributed by atoms with Crippen LogP contribution in [0.5, 0.6) is 0 Å². The van der Waals surface area contributed by atoms with E-state index in [-0.39, 0.29) is 46.9 Å². The van der Waals surface area contributed by atoms with Crippen molar-refractivity contribution in [2.75, 3.05) is 5.73 Å². The van der Waals surface area contributed by atoms with Gasteiger partial charge < -0.3 is 20.7 Å². The highest BCUT2D eigenvalue weighted by Gasteiger charge is 2.46. The molecule has 6 rings (SSSR count). The van der Waals surface area contributed by atoms with Gasteiger partial charge in [-0.3, -0.25) is 14.6 Å². The van der Waals surface area contributed by atoms with Gasteiger partial charge in [-0.05, 0) is 38.7 Å². The summed E-state index contributed by atoms with van der Waals surface area (Å²) in [5, 5.41) is 21.3. The number of piperidine rings is 1. The number of aromatic nitrogens is 7. The van der Waals surface area contributed by atoms with Crippen molar-refractivity contribution in [2.45, 2.75) is 62.9 Å².